The second-order valence-corrected chi connectivity index (χ2v) is 7.09. The normalized spacial score (nSPS) is 21.5. The predicted octanol–water partition coefficient (Wildman–Crippen LogP) is 1.94. The Morgan fingerprint density at radius 2 is 1.96 bits per heavy atom. The Bertz CT molecular complexity index is 960. The van der Waals surface area contributed by atoms with Crippen LogP contribution in [-0.4, -0.2) is 48.4 Å². The summed E-state index contributed by atoms with van der Waals surface area (Å²) in [5, 5.41) is 13.0. The number of amides is 1. The summed E-state index contributed by atoms with van der Waals surface area (Å²) in [6, 6.07) is 12.2. The van der Waals surface area contributed by atoms with Gasteiger partial charge in [0.05, 0.1) is 6.04 Å². The van der Waals surface area contributed by atoms with E-state index in [1.165, 1.54) is 0 Å². The molecule has 5 rings (SSSR count). The van der Waals surface area contributed by atoms with E-state index in [1.54, 1.807) is 16.9 Å². The maximum atomic E-state index is 12.9. The predicted molar refractivity (Wildman–Crippen MR) is 95.4 cm³/mol. The summed E-state index contributed by atoms with van der Waals surface area (Å²) in [5.41, 5.74) is 1.71. The quantitative estimate of drug-likeness (QED) is 0.710. The van der Waals surface area contributed by atoms with Crippen LogP contribution in [0.5, 0.6) is 0 Å². The third-order valence-corrected chi connectivity index (χ3v) is 5.60. The summed E-state index contributed by atoms with van der Waals surface area (Å²) in [6.07, 6.45) is 3.63. The third kappa shape index (κ3) is 2.27. The fraction of sp³-hybridized carbons (Fsp3) is 0.368. The van der Waals surface area contributed by atoms with Gasteiger partial charge in [-0.3, -0.25) is 9.48 Å². The lowest BCUT2D eigenvalue weighted by Crippen LogP contribution is -2.30. The molecule has 0 unspecified atom stereocenters. The molecule has 0 bridgehead atoms. The lowest BCUT2D eigenvalue weighted by molar-refractivity contribution is 0.0773. The zero-order valence-electron chi connectivity index (χ0n) is 14.6. The number of carbonyl (C=O) groups is 1. The number of aromatic nitrogens is 5. The molecule has 0 aliphatic carbocycles. The van der Waals surface area contributed by atoms with Crippen LogP contribution in [0, 0.1) is 5.92 Å². The van der Waals surface area contributed by atoms with Gasteiger partial charge < -0.3 is 9.47 Å². The lowest BCUT2D eigenvalue weighted by atomic mass is 9.93. The van der Waals surface area contributed by atoms with Crippen LogP contribution < -0.4 is 0 Å². The van der Waals surface area contributed by atoms with E-state index in [1.807, 2.05) is 30.1 Å². The van der Waals surface area contributed by atoms with Crippen molar-refractivity contribution in [3.05, 3.63) is 54.1 Å². The molecule has 3 aromatic rings. The van der Waals surface area contributed by atoms with Gasteiger partial charge >= 0.3 is 0 Å². The third-order valence-electron chi connectivity index (χ3n) is 5.60. The van der Waals surface area contributed by atoms with Crippen molar-refractivity contribution in [2.24, 2.45) is 13.0 Å². The van der Waals surface area contributed by atoms with Crippen LogP contribution in [-0.2, 0) is 13.5 Å². The molecule has 0 radical (unpaired) electrons. The molecule has 7 nitrogen and oxygen atoms in total. The number of likely N-dealkylation sites (tertiary alicyclic amines) is 1. The van der Waals surface area contributed by atoms with Gasteiger partial charge in [0, 0.05) is 38.3 Å². The van der Waals surface area contributed by atoms with Gasteiger partial charge in [-0.15, -0.1) is 10.2 Å². The fourth-order valence-electron chi connectivity index (χ4n) is 4.28. The van der Waals surface area contributed by atoms with E-state index in [0.29, 0.717) is 18.2 Å². The van der Waals surface area contributed by atoms with Gasteiger partial charge in [-0.1, -0.05) is 30.3 Å². The first-order valence-electron chi connectivity index (χ1n) is 8.99. The van der Waals surface area contributed by atoms with Gasteiger partial charge in [-0.25, -0.2) is 0 Å². The van der Waals surface area contributed by atoms with E-state index < -0.39 is 0 Å². The largest absolute Gasteiger partial charge is 0.335 e. The van der Waals surface area contributed by atoms with Crippen molar-refractivity contribution >= 4 is 5.91 Å². The maximum absolute atomic E-state index is 12.9. The van der Waals surface area contributed by atoms with Crippen molar-refractivity contribution in [3.63, 3.8) is 0 Å². The number of benzene rings is 1. The molecule has 26 heavy (non-hydrogen) atoms. The number of carbonyl (C=O) groups excluding carboxylic acids is 1. The smallest absolute Gasteiger partial charge is 0.272 e. The summed E-state index contributed by atoms with van der Waals surface area (Å²) in [5.74, 6) is 2.43. The molecular formula is C19H20N6O. The Balaban J connectivity index is 1.48. The summed E-state index contributed by atoms with van der Waals surface area (Å²) < 4.78 is 3.91. The van der Waals surface area contributed by atoms with Crippen LogP contribution in [0.25, 0.3) is 11.4 Å². The molecule has 0 spiro atoms. The van der Waals surface area contributed by atoms with E-state index in [-0.39, 0.29) is 11.9 Å². The van der Waals surface area contributed by atoms with Gasteiger partial charge in [0.1, 0.15) is 11.5 Å². The minimum absolute atomic E-state index is 0.0512. The minimum Gasteiger partial charge on any atom is -0.335 e. The SMILES string of the molecule is Cn1nccc1C(=O)N1C[C@H]2CCc3nnc(-c4ccccc4)n3[C@H]2C1. The maximum Gasteiger partial charge on any atom is 0.272 e. The molecule has 0 saturated carbocycles. The molecule has 1 aromatic carbocycles. The zero-order chi connectivity index (χ0) is 17.7. The zero-order valence-corrected chi connectivity index (χ0v) is 14.6. The van der Waals surface area contributed by atoms with Gasteiger partial charge in [0.2, 0.25) is 0 Å². The fourth-order valence-corrected chi connectivity index (χ4v) is 4.28. The van der Waals surface area contributed by atoms with E-state index in [2.05, 4.69) is 32.0 Å². The number of hydrogen-bond acceptors (Lipinski definition) is 4. The van der Waals surface area contributed by atoms with Crippen LogP contribution >= 0.6 is 0 Å². The number of nitrogens with zero attached hydrogens (tertiary/aromatic N) is 6. The average molecular weight is 348 g/mol. The van der Waals surface area contributed by atoms with Crippen molar-refractivity contribution < 1.29 is 4.79 Å². The highest BCUT2D eigenvalue weighted by atomic mass is 16.2. The molecule has 4 heterocycles. The standard InChI is InChI=1S/C19H20N6O/c1-23-15(9-10-20-23)19(26)24-11-14-7-8-17-21-22-18(25(17)16(14)12-24)13-5-3-2-4-6-13/h2-6,9-10,14,16H,7-8,11-12H2,1H3/t14-,16+/m1/s1. The van der Waals surface area contributed by atoms with Crippen molar-refractivity contribution in [1.82, 2.24) is 29.4 Å². The first-order chi connectivity index (χ1) is 12.7. The number of aryl methyl sites for hydroxylation is 2. The Morgan fingerprint density at radius 1 is 1.12 bits per heavy atom. The second kappa shape index (κ2) is 5.79. The lowest BCUT2D eigenvalue weighted by Gasteiger charge is -2.27. The molecule has 2 atom stereocenters. The van der Waals surface area contributed by atoms with Gasteiger partial charge in [0.15, 0.2) is 5.82 Å². The molecule has 7 heteroatoms. The second-order valence-electron chi connectivity index (χ2n) is 7.09. The van der Waals surface area contributed by atoms with Crippen molar-refractivity contribution in [3.8, 4) is 11.4 Å². The summed E-state index contributed by atoms with van der Waals surface area (Å²) >= 11 is 0. The molecule has 132 valence electrons. The Morgan fingerprint density at radius 3 is 2.73 bits per heavy atom. The molecule has 1 amide bonds. The van der Waals surface area contributed by atoms with Crippen molar-refractivity contribution in [2.45, 2.75) is 18.9 Å². The first-order valence-corrected chi connectivity index (χ1v) is 8.99. The molecule has 2 aliphatic rings. The summed E-state index contributed by atoms with van der Waals surface area (Å²) in [6.45, 7) is 1.47. The minimum atomic E-state index is 0.0512. The Labute approximate surface area is 151 Å². The topological polar surface area (TPSA) is 68.8 Å². The van der Waals surface area contributed by atoms with E-state index in [9.17, 15) is 4.79 Å². The molecule has 0 N–H and O–H groups in total. The number of fused-ring (bicyclic) bond motifs is 3. The average Bonchev–Trinajstić information content (AvgIpc) is 3.38. The highest BCUT2D eigenvalue weighted by Gasteiger charge is 2.41. The summed E-state index contributed by atoms with van der Waals surface area (Å²) in [4.78, 5) is 14.9. The highest BCUT2D eigenvalue weighted by molar-refractivity contribution is 5.92. The van der Waals surface area contributed by atoms with Crippen LogP contribution in [0.3, 0.4) is 0 Å². The molecule has 1 saturated heterocycles. The first kappa shape index (κ1) is 15.3. The number of rotatable bonds is 2. The van der Waals surface area contributed by atoms with E-state index >= 15 is 0 Å². The molecule has 2 aliphatic heterocycles. The van der Waals surface area contributed by atoms with Crippen LogP contribution in [0.2, 0.25) is 0 Å². The van der Waals surface area contributed by atoms with Crippen LogP contribution in [0.4, 0.5) is 0 Å². The number of hydrogen-bond donors (Lipinski definition) is 0. The van der Waals surface area contributed by atoms with Gasteiger partial charge in [-0.05, 0) is 18.4 Å². The highest BCUT2D eigenvalue weighted by Crippen LogP contribution is 2.39. The Hall–Kier alpha value is -2.96. The van der Waals surface area contributed by atoms with Crippen LogP contribution in [0.15, 0.2) is 42.6 Å². The Kier molecular flexibility index (Phi) is 3.41. The molecular weight excluding hydrogens is 328 g/mol. The van der Waals surface area contributed by atoms with Gasteiger partial charge in [-0.2, -0.15) is 5.10 Å². The summed E-state index contributed by atoms with van der Waals surface area (Å²) in [7, 11) is 1.81. The molecule has 1 fully saturated rings. The van der Waals surface area contributed by atoms with E-state index in [0.717, 1.165) is 36.6 Å². The van der Waals surface area contributed by atoms with Crippen LogP contribution in [0.1, 0.15) is 28.8 Å². The van der Waals surface area contributed by atoms with Crippen molar-refractivity contribution in [2.75, 3.05) is 13.1 Å². The molecule has 2 aromatic heterocycles. The van der Waals surface area contributed by atoms with E-state index in [4.69, 9.17) is 0 Å². The van der Waals surface area contributed by atoms with Crippen molar-refractivity contribution in [1.29, 1.82) is 0 Å². The monoisotopic (exact) mass is 348 g/mol. The van der Waals surface area contributed by atoms with Gasteiger partial charge in [0.25, 0.3) is 5.91 Å².